The zero-order chi connectivity index (χ0) is 18.5. The van der Waals surface area contributed by atoms with Crippen LogP contribution in [0.4, 0.5) is 0 Å². The molecule has 0 saturated carbocycles. The van der Waals surface area contributed by atoms with Crippen molar-refractivity contribution in [3.8, 4) is 0 Å². The fourth-order valence-electron chi connectivity index (χ4n) is 1.98. The van der Waals surface area contributed by atoms with Crippen LogP contribution in [-0.4, -0.2) is 103 Å². The first-order valence-electron chi connectivity index (χ1n) is 7.67. The molecule has 0 saturated heterocycles. The predicted molar refractivity (Wildman–Crippen MR) is 103 cm³/mol. The topological polar surface area (TPSA) is 104 Å². The lowest BCUT2D eigenvalue weighted by Crippen LogP contribution is -2.50. The molecule has 0 aliphatic rings. The maximum absolute atomic E-state index is 4.26. The minimum absolute atomic E-state index is 0.656. The first-order valence-corrected chi connectivity index (χ1v) is 7.67. The Morgan fingerprint density at radius 1 is 0.792 bits per heavy atom. The highest BCUT2D eigenvalue weighted by atomic mass is 15.4. The van der Waals surface area contributed by atoms with Crippen molar-refractivity contribution in [2.24, 2.45) is 20.0 Å². The fourth-order valence-corrected chi connectivity index (χ4v) is 1.98. The van der Waals surface area contributed by atoms with Gasteiger partial charge in [0.05, 0.1) is 0 Å². The van der Waals surface area contributed by atoms with E-state index in [0.717, 1.165) is 24.4 Å². The molecule has 0 unspecified atom stereocenters. The van der Waals surface area contributed by atoms with Crippen molar-refractivity contribution in [2.45, 2.75) is 0 Å². The summed E-state index contributed by atoms with van der Waals surface area (Å²) >= 11 is 0. The van der Waals surface area contributed by atoms with Crippen LogP contribution in [0.15, 0.2) is 20.0 Å². The molecule has 0 aliphatic carbocycles. The number of likely N-dealkylation sites (N-methyl/N-ethyl adjacent to an activating group) is 1. The van der Waals surface area contributed by atoms with Gasteiger partial charge in [-0.3, -0.25) is 30.2 Å². The average Bonchev–Trinajstić information content (AvgIpc) is 2.60. The summed E-state index contributed by atoms with van der Waals surface area (Å²) in [5.41, 5.74) is 0. The zero-order valence-electron chi connectivity index (χ0n) is 16.1. The largest absolute Gasteiger partial charge is 0.359 e. The molecule has 138 valence electrons. The normalized spacial score (nSPS) is 13.5. The fraction of sp³-hybridized carbons (Fsp3) is 0.714. The molecule has 0 bridgehead atoms. The second-order valence-corrected chi connectivity index (χ2v) is 4.75. The Bertz CT molecular complexity index is 480. The van der Waals surface area contributed by atoms with Gasteiger partial charge in [-0.05, 0) is 0 Å². The molecule has 0 spiro atoms. The Hall–Kier alpha value is -2.52. The van der Waals surface area contributed by atoms with E-state index >= 15 is 0 Å². The number of aliphatic imine (C=N–C) groups is 4. The molecule has 0 aromatic carbocycles. The van der Waals surface area contributed by atoms with Crippen LogP contribution in [-0.2, 0) is 0 Å². The molecule has 4 N–H and O–H groups in total. The first kappa shape index (κ1) is 21.5. The van der Waals surface area contributed by atoms with E-state index in [4.69, 9.17) is 0 Å². The van der Waals surface area contributed by atoms with Gasteiger partial charge in [0.15, 0.2) is 23.8 Å². The van der Waals surface area contributed by atoms with Gasteiger partial charge < -0.3 is 20.9 Å². The Kier molecular flexibility index (Phi) is 10.7. The SMILES string of the molecule is CN=C(NC)NC(=NC)N(C)CCNC(=NC)N(C)C(=NC)NC. The van der Waals surface area contributed by atoms with E-state index in [1.165, 1.54) is 0 Å². The number of rotatable bonds is 3. The maximum atomic E-state index is 4.26. The van der Waals surface area contributed by atoms with Gasteiger partial charge in [0, 0.05) is 69.5 Å². The number of hydrogen-bond acceptors (Lipinski definition) is 4. The van der Waals surface area contributed by atoms with E-state index in [0.29, 0.717) is 12.5 Å². The van der Waals surface area contributed by atoms with Crippen molar-refractivity contribution in [3.05, 3.63) is 0 Å². The van der Waals surface area contributed by atoms with Crippen LogP contribution in [0.2, 0.25) is 0 Å². The molecule has 0 amide bonds. The molecule has 24 heavy (non-hydrogen) atoms. The number of hydrogen-bond donors (Lipinski definition) is 4. The molecule has 0 heterocycles. The highest BCUT2D eigenvalue weighted by molar-refractivity contribution is 5.99. The molecular formula is C14H32N10. The first-order chi connectivity index (χ1) is 11.5. The van der Waals surface area contributed by atoms with E-state index in [1.54, 1.807) is 35.2 Å². The van der Waals surface area contributed by atoms with Gasteiger partial charge in [-0.1, -0.05) is 0 Å². The van der Waals surface area contributed by atoms with Crippen LogP contribution in [0.1, 0.15) is 0 Å². The zero-order valence-corrected chi connectivity index (χ0v) is 16.1. The van der Waals surface area contributed by atoms with Crippen LogP contribution in [0.5, 0.6) is 0 Å². The second kappa shape index (κ2) is 12.0. The van der Waals surface area contributed by atoms with E-state index in [2.05, 4.69) is 41.2 Å². The third-order valence-electron chi connectivity index (χ3n) is 3.28. The van der Waals surface area contributed by atoms with Crippen molar-refractivity contribution < 1.29 is 0 Å². The minimum atomic E-state index is 0.656. The van der Waals surface area contributed by atoms with Gasteiger partial charge in [0.2, 0.25) is 0 Å². The lowest BCUT2D eigenvalue weighted by molar-refractivity contribution is 0.486. The summed E-state index contributed by atoms with van der Waals surface area (Å²) in [5.74, 6) is 2.84. The van der Waals surface area contributed by atoms with Crippen molar-refractivity contribution in [3.63, 3.8) is 0 Å². The van der Waals surface area contributed by atoms with Crippen molar-refractivity contribution in [1.29, 1.82) is 0 Å². The van der Waals surface area contributed by atoms with Crippen molar-refractivity contribution in [1.82, 2.24) is 31.1 Å². The summed E-state index contributed by atoms with van der Waals surface area (Å²) in [6.07, 6.45) is 0. The predicted octanol–water partition coefficient (Wildman–Crippen LogP) is -1.59. The van der Waals surface area contributed by atoms with Gasteiger partial charge in [-0.2, -0.15) is 0 Å². The highest BCUT2D eigenvalue weighted by Gasteiger charge is 2.12. The number of guanidine groups is 4. The highest BCUT2D eigenvalue weighted by Crippen LogP contribution is 1.89. The Morgan fingerprint density at radius 2 is 1.38 bits per heavy atom. The van der Waals surface area contributed by atoms with Gasteiger partial charge in [0.25, 0.3) is 0 Å². The van der Waals surface area contributed by atoms with Crippen molar-refractivity contribution >= 4 is 23.8 Å². The molecule has 0 rings (SSSR count). The summed E-state index contributed by atoms with van der Waals surface area (Å²) in [5, 5.41) is 12.4. The Morgan fingerprint density at radius 3 is 1.79 bits per heavy atom. The monoisotopic (exact) mass is 340 g/mol. The molecule has 0 fully saturated rings. The number of nitrogens with one attached hydrogen (secondary N) is 4. The molecule has 0 aromatic rings. The van der Waals surface area contributed by atoms with Gasteiger partial charge in [0.1, 0.15) is 0 Å². The van der Waals surface area contributed by atoms with Crippen LogP contribution in [0.3, 0.4) is 0 Å². The average molecular weight is 340 g/mol. The van der Waals surface area contributed by atoms with E-state index in [-0.39, 0.29) is 0 Å². The summed E-state index contributed by atoms with van der Waals surface area (Å²) in [6, 6.07) is 0. The van der Waals surface area contributed by atoms with Crippen LogP contribution in [0, 0.1) is 0 Å². The lowest BCUT2D eigenvalue weighted by atomic mass is 10.5. The summed E-state index contributed by atoms with van der Waals surface area (Å²) in [4.78, 5) is 20.6. The smallest absolute Gasteiger partial charge is 0.200 e. The third kappa shape index (κ3) is 6.71. The van der Waals surface area contributed by atoms with Crippen LogP contribution < -0.4 is 21.3 Å². The van der Waals surface area contributed by atoms with E-state index in [9.17, 15) is 0 Å². The molecule has 0 aliphatic heterocycles. The van der Waals surface area contributed by atoms with Crippen LogP contribution in [0.25, 0.3) is 0 Å². The van der Waals surface area contributed by atoms with E-state index in [1.807, 2.05) is 30.9 Å². The lowest BCUT2D eigenvalue weighted by Gasteiger charge is -2.25. The molecule has 0 radical (unpaired) electrons. The van der Waals surface area contributed by atoms with Crippen LogP contribution >= 0.6 is 0 Å². The van der Waals surface area contributed by atoms with Gasteiger partial charge in [-0.15, -0.1) is 0 Å². The summed E-state index contributed by atoms with van der Waals surface area (Å²) in [7, 11) is 14.4. The van der Waals surface area contributed by atoms with Crippen molar-refractivity contribution in [2.75, 3.05) is 69.5 Å². The van der Waals surface area contributed by atoms with E-state index < -0.39 is 0 Å². The van der Waals surface area contributed by atoms with Gasteiger partial charge >= 0.3 is 0 Å². The number of nitrogens with zero attached hydrogens (tertiary/aromatic N) is 6. The Balaban J connectivity index is 4.62. The molecule has 10 heteroatoms. The quantitative estimate of drug-likeness (QED) is 0.365. The van der Waals surface area contributed by atoms with Gasteiger partial charge in [-0.25, -0.2) is 0 Å². The summed E-state index contributed by atoms with van der Waals surface area (Å²) < 4.78 is 0. The Labute approximate surface area is 145 Å². The molecular weight excluding hydrogens is 308 g/mol. The third-order valence-corrected chi connectivity index (χ3v) is 3.28. The summed E-state index contributed by atoms with van der Waals surface area (Å²) in [6.45, 7) is 1.42. The minimum Gasteiger partial charge on any atom is -0.359 e. The second-order valence-electron chi connectivity index (χ2n) is 4.75. The standard InChI is InChI=1S/C14H32N10/c1-15-11(16-2)22-14(20-6)23(7)10-9-21-13(19-5)24(8)12(17-3)18-4/h9-10H2,1-8H3,(H,17,18)(H,19,21)(H2,15,16,20,22). The molecule has 10 nitrogen and oxygen atoms in total. The maximum Gasteiger partial charge on any atom is 0.200 e. The molecule has 0 atom stereocenters. The molecule has 0 aromatic heterocycles.